The molecule has 3 rings (SSSR count). The van der Waals surface area contributed by atoms with Gasteiger partial charge in [0.15, 0.2) is 0 Å². The Morgan fingerprint density at radius 3 is 2.58 bits per heavy atom. The zero-order chi connectivity index (χ0) is 17.0. The Morgan fingerprint density at radius 1 is 1.12 bits per heavy atom. The van der Waals surface area contributed by atoms with E-state index in [9.17, 15) is 0 Å². The second kappa shape index (κ2) is 7.15. The van der Waals surface area contributed by atoms with Crippen LogP contribution in [-0.4, -0.2) is 16.8 Å². The van der Waals surface area contributed by atoms with E-state index in [0.29, 0.717) is 0 Å². The van der Waals surface area contributed by atoms with E-state index in [-0.39, 0.29) is 5.60 Å². The van der Waals surface area contributed by atoms with Crippen LogP contribution in [0.25, 0.3) is 10.6 Å². The van der Waals surface area contributed by atoms with Crippen molar-refractivity contribution in [3.05, 3.63) is 52.7 Å². The van der Waals surface area contributed by atoms with Crippen LogP contribution in [0.15, 0.2) is 52.3 Å². The maximum atomic E-state index is 5.80. The van der Waals surface area contributed by atoms with Gasteiger partial charge in [-0.2, -0.15) is 5.10 Å². The number of hydrazone groups is 1. The number of ether oxygens (including phenoxy) is 1. The number of anilines is 1. The summed E-state index contributed by atoms with van der Waals surface area (Å²) in [6.45, 7) is 6.10. The summed E-state index contributed by atoms with van der Waals surface area (Å²) in [7, 11) is 0. The first-order valence-corrected chi connectivity index (χ1v) is 9.33. The van der Waals surface area contributed by atoms with Gasteiger partial charge >= 0.3 is 0 Å². The molecule has 6 heteroatoms. The molecule has 0 unspecified atom stereocenters. The molecule has 1 N–H and O–H groups in total. The molecule has 0 spiro atoms. The van der Waals surface area contributed by atoms with E-state index in [1.165, 1.54) is 0 Å². The van der Waals surface area contributed by atoms with Crippen LogP contribution in [0.1, 0.15) is 26.3 Å². The number of aromatic nitrogens is 1. The Labute approximate surface area is 149 Å². The van der Waals surface area contributed by atoms with Gasteiger partial charge in [-0.05, 0) is 62.0 Å². The third-order valence-corrected chi connectivity index (χ3v) is 4.60. The molecule has 24 heavy (non-hydrogen) atoms. The normalized spacial score (nSPS) is 11.8. The summed E-state index contributed by atoms with van der Waals surface area (Å²) < 4.78 is 5.80. The highest BCUT2D eigenvalue weighted by molar-refractivity contribution is 7.15. The molecule has 2 heterocycles. The summed E-state index contributed by atoms with van der Waals surface area (Å²) in [5.74, 6) is 0.855. The van der Waals surface area contributed by atoms with Crippen LogP contribution < -0.4 is 10.2 Å². The molecule has 0 aliphatic heterocycles. The minimum absolute atomic E-state index is 0.192. The Balaban J connectivity index is 1.58. The van der Waals surface area contributed by atoms with Gasteiger partial charge in [-0.1, -0.05) is 6.07 Å². The van der Waals surface area contributed by atoms with E-state index in [0.717, 1.165) is 27.0 Å². The maximum Gasteiger partial charge on any atom is 0.203 e. The first-order valence-electron chi connectivity index (χ1n) is 7.57. The number of benzene rings is 1. The zero-order valence-electron chi connectivity index (χ0n) is 13.8. The highest BCUT2D eigenvalue weighted by Crippen LogP contribution is 2.28. The Bertz CT molecular complexity index is 800. The van der Waals surface area contributed by atoms with Crippen molar-refractivity contribution in [1.29, 1.82) is 0 Å². The number of hydrogen-bond donors (Lipinski definition) is 1. The highest BCUT2D eigenvalue weighted by Gasteiger charge is 2.11. The second-order valence-electron chi connectivity index (χ2n) is 6.17. The Kier molecular flexibility index (Phi) is 4.97. The zero-order valence-corrected chi connectivity index (χ0v) is 15.4. The SMILES string of the molecule is CC(C)(C)Oc1ccc(/C=N\Nc2nc(-c3cccs3)cs2)cc1. The van der Waals surface area contributed by atoms with Crippen molar-refractivity contribution in [2.24, 2.45) is 5.10 Å². The lowest BCUT2D eigenvalue weighted by atomic mass is 10.2. The lowest BCUT2D eigenvalue weighted by molar-refractivity contribution is 0.131. The molecule has 2 aromatic heterocycles. The Morgan fingerprint density at radius 2 is 1.92 bits per heavy atom. The predicted octanol–water partition coefficient (Wildman–Crippen LogP) is 5.49. The summed E-state index contributed by atoms with van der Waals surface area (Å²) in [4.78, 5) is 5.69. The first kappa shape index (κ1) is 16.7. The van der Waals surface area contributed by atoms with Gasteiger partial charge in [-0.15, -0.1) is 22.7 Å². The second-order valence-corrected chi connectivity index (χ2v) is 7.97. The lowest BCUT2D eigenvalue weighted by Gasteiger charge is -2.21. The summed E-state index contributed by atoms with van der Waals surface area (Å²) in [5, 5.41) is 9.10. The maximum absolute atomic E-state index is 5.80. The van der Waals surface area contributed by atoms with E-state index >= 15 is 0 Å². The number of nitrogens with one attached hydrogen (secondary N) is 1. The van der Waals surface area contributed by atoms with Gasteiger partial charge in [0, 0.05) is 5.38 Å². The molecule has 4 nitrogen and oxygen atoms in total. The van der Waals surface area contributed by atoms with Crippen LogP contribution >= 0.6 is 22.7 Å². The van der Waals surface area contributed by atoms with E-state index in [2.05, 4.69) is 21.6 Å². The van der Waals surface area contributed by atoms with Gasteiger partial charge in [0.05, 0.1) is 16.8 Å². The molecule has 0 radical (unpaired) electrons. The molecule has 0 atom stereocenters. The summed E-state index contributed by atoms with van der Waals surface area (Å²) in [5.41, 5.74) is 4.77. The number of nitrogens with zero attached hydrogens (tertiary/aromatic N) is 2. The first-order chi connectivity index (χ1) is 11.5. The number of thiazole rings is 1. The summed E-state index contributed by atoms with van der Waals surface area (Å²) in [6, 6.07) is 11.9. The van der Waals surface area contributed by atoms with Gasteiger partial charge < -0.3 is 4.74 Å². The van der Waals surface area contributed by atoms with Crippen molar-refractivity contribution >= 4 is 34.0 Å². The van der Waals surface area contributed by atoms with Crippen molar-refractivity contribution in [2.75, 3.05) is 5.43 Å². The lowest BCUT2D eigenvalue weighted by Crippen LogP contribution is -2.22. The number of thiophene rings is 1. The molecule has 124 valence electrons. The fourth-order valence-corrected chi connectivity index (χ4v) is 3.42. The molecular weight excluding hydrogens is 338 g/mol. The van der Waals surface area contributed by atoms with Crippen LogP contribution in [0.5, 0.6) is 5.75 Å². The van der Waals surface area contributed by atoms with Gasteiger partial charge in [-0.25, -0.2) is 4.98 Å². The summed E-state index contributed by atoms with van der Waals surface area (Å²) in [6.07, 6.45) is 1.77. The van der Waals surface area contributed by atoms with Crippen molar-refractivity contribution in [3.63, 3.8) is 0 Å². The molecule has 1 aromatic carbocycles. The third-order valence-electron chi connectivity index (χ3n) is 2.96. The molecule has 0 aliphatic rings. The van der Waals surface area contributed by atoms with Crippen molar-refractivity contribution in [3.8, 4) is 16.3 Å². The topological polar surface area (TPSA) is 46.5 Å². The molecular formula is C18H19N3OS2. The van der Waals surface area contributed by atoms with Crippen LogP contribution in [0, 0.1) is 0 Å². The standard InChI is InChI=1S/C18H19N3OS2/c1-18(2,3)22-14-8-6-13(7-9-14)11-19-21-17-20-15(12-24-17)16-5-4-10-23-16/h4-12H,1-3H3,(H,20,21)/b19-11-. The van der Waals surface area contributed by atoms with Gasteiger partial charge in [-0.3, -0.25) is 5.43 Å². The average molecular weight is 358 g/mol. The minimum atomic E-state index is -0.192. The molecule has 3 aromatic rings. The van der Waals surface area contributed by atoms with Crippen molar-refractivity contribution in [1.82, 2.24) is 4.98 Å². The number of hydrogen-bond acceptors (Lipinski definition) is 6. The van der Waals surface area contributed by atoms with Crippen LogP contribution in [-0.2, 0) is 0 Å². The molecule has 0 saturated heterocycles. The molecule has 0 amide bonds. The van der Waals surface area contributed by atoms with Gasteiger partial charge in [0.25, 0.3) is 0 Å². The monoisotopic (exact) mass is 357 g/mol. The molecule has 0 aliphatic carbocycles. The van der Waals surface area contributed by atoms with E-state index in [4.69, 9.17) is 4.74 Å². The number of rotatable bonds is 5. The van der Waals surface area contributed by atoms with Crippen LogP contribution in [0.4, 0.5) is 5.13 Å². The highest BCUT2D eigenvalue weighted by atomic mass is 32.1. The van der Waals surface area contributed by atoms with Crippen LogP contribution in [0.2, 0.25) is 0 Å². The van der Waals surface area contributed by atoms with E-state index in [1.54, 1.807) is 28.9 Å². The molecule has 0 fully saturated rings. The quantitative estimate of drug-likeness (QED) is 0.485. The average Bonchev–Trinajstić information content (AvgIpc) is 3.18. The van der Waals surface area contributed by atoms with Gasteiger partial charge in [0.2, 0.25) is 5.13 Å². The van der Waals surface area contributed by atoms with Crippen LogP contribution in [0.3, 0.4) is 0 Å². The third kappa shape index (κ3) is 4.66. The molecule has 0 saturated carbocycles. The van der Waals surface area contributed by atoms with Crippen molar-refractivity contribution in [2.45, 2.75) is 26.4 Å². The van der Waals surface area contributed by atoms with E-state index in [1.807, 2.05) is 61.9 Å². The fraction of sp³-hybridized carbons (Fsp3) is 0.222. The van der Waals surface area contributed by atoms with E-state index < -0.39 is 0 Å². The smallest absolute Gasteiger partial charge is 0.203 e. The largest absolute Gasteiger partial charge is 0.488 e. The minimum Gasteiger partial charge on any atom is -0.488 e. The van der Waals surface area contributed by atoms with Gasteiger partial charge in [0.1, 0.15) is 11.4 Å². The van der Waals surface area contributed by atoms with Crippen molar-refractivity contribution < 1.29 is 4.74 Å². The Hall–Kier alpha value is -2.18. The molecule has 0 bridgehead atoms. The summed E-state index contributed by atoms with van der Waals surface area (Å²) >= 11 is 3.22. The fourth-order valence-electron chi connectivity index (χ4n) is 2.00. The predicted molar refractivity (Wildman–Crippen MR) is 103 cm³/mol.